The van der Waals surface area contributed by atoms with E-state index >= 15 is 0 Å². The van der Waals surface area contributed by atoms with Crippen molar-refractivity contribution in [3.05, 3.63) is 0 Å². The van der Waals surface area contributed by atoms with Crippen LogP contribution in [0.2, 0.25) is 0 Å². The fourth-order valence-corrected chi connectivity index (χ4v) is 1.59. The van der Waals surface area contributed by atoms with E-state index in [9.17, 15) is 4.79 Å². The van der Waals surface area contributed by atoms with Crippen molar-refractivity contribution in [1.82, 2.24) is 10.2 Å². The molecule has 1 rings (SSSR count). The average Bonchev–Trinajstić information content (AvgIpc) is 2.31. The van der Waals surface area contributed by atoms with E-state index in [-0.39, 0.29) is 5.91 Å². The van der Waals surface area contributed by atoms with Gasteiger partial charge in [-0.2, -0.15) is 0 Å². The first-order chi connectivity index (χ1) is 5.55. The van der Waals surface area contributed by atoms with Crippen molar-refractivity contribution in [3.63, 3.8) is 0 Å². The second-order valence-electron chi connectivity index (χ2n) is 4.26. The van der Waals surface area contributed by atoms with E-state index in [2.05, 4.69) is 19.2 Å². The zero-order chi connectivity index (χ0) is 9.19. The van der Waals surface area contributed by atoms with Crippen LogP contribution in [0.15, 0.2) is 0 Å². The van der Waals surface area contributed by atoms with Crippen LogP contribution in [0.25, 0.3) is 0 Å². The quantitative estimate of drug-likeness (QED) is 0.653. The number of rotatable bonds is 2. The van der Waals surface area contributed by atoms with Crippen molar-refractivity contribution in [1.29, 1.82) is 0 Å². The number of hydrogen-bond acceptors (Lipinski definition) is 2. The molecule has 0 aromatic heterocycles. The van der Waals surface area contributed by atoms with Crippen molar-refractivity contribution in [2.75, 3.05) is 26.7 Å². The maximum atomic E-state index is 11.4. The predicted octanol–water partition coefficient (Wildman–Crippen LogP) is 0.464. The molecule has 1 saturated heterocycles. The van der Waals surface area contributed by atoms with Crippen LogP contribution in [-0.4, -0.2) is 37.5 Å². The van der Waals surface area contributed by atoms with E-state index in [1.54, 1.807) is 7.05 Å². The smallest absolute Gasteiger partial charge is 0.236 e. The Morgan fingerprint density at radius 2 is 2.25 bits per heavy atom. The SMILES string of the molecule is CNCC(=O)N1CCC(C)(C)C1. The lowest BCUT2D eigenvalue weighted by molar-refractivity contribution is -0.129. The van der Waals surface area contributed by atoms with Gasteiger partial charge in [0, 0.05) is 13.1 Å². The molecule has 70 valence electrons. The molecule has 1 aliphatic heterocycles. The lowest BCUT2D eigenvalue weighted by Crippen LogP contribution is -2.36. The highest BCUT2D eigenvalue weighted by Crippen LogP contribution is 2.28. The number of nitrogens with one attached hydrogen (secondary N) is 1. The molecule has 1 fully saturated rings. The van der Waals surface area contributed by atoms with Crippen LogP contribution < -0.4 is 5.32 Å². The molecule has 0 aliphatic carbocycles. The van der Waals surface area contributed by atoms with Crippen LogP contribution in [0.4, 0.5) is 0 Å². The van der Waals surface area contributed by atoms with Crippen molar-refractivity contribution >= 4 is 5.91 Å². The number of hydrogen-bond donors (Lipinski definition) is 1. The van der Waals surface area contributed by atoms with E-state index in [1.165, 1.54) is 0 Å². The van der Waals surface area contributed by atoms with Crippen molar-refractivity contribution in [2.45, 2.75) is 20.3 Å². The van der Waals surface area contributed by atoms with Gasteiger partial charge in [0.1, 0.15) is 0 Å². The Labute approximate surface area is 74.1 Å². The number of carbonyl (C=O) groups is 1. The maximum Gasteiger partial charge on any atom is 0.236 e. The zero-order valence-electron chi connectivity index (χ0n) is 8.18. The van der Waals surface area contributed by atoms with Crippen molar-refractivity contribution < 1.29 is 4.79 Å². The normalized spacial score (nSPS) is 21.4. The molecule has 0 atom stereocenters. The molecule has 0 bridgehead atoms. The van der Waals surface area contributed by atoms with Gasteiger partial charge in [0.25, 0.3) is 0 Å². The van der Waals surface area contributed by atoms with E-state index in [1.807, 2.05) is 4.90 Å². The number of amides is 1. The Bertz CT molecular complexity index is 177. The Morgan fingerprint density at radius 3 is 2.67 bits per heavy atom. The summed E-state index contributed by atoms with van der Waals surface area (Å²) in [7, 11) is 1.80. The fourth-order valence-electron chi connectivity index (χ4n) is 1.59. The molecule has 0 spiro atoms. The summed E-state index contributed by atoms with van der Waals surface area (Å²) in [6.45, 7) is 6.72. The summed E-state index contributed by atoms with van der Waals surface area (Å²) in [5.74, 6) is 0.225. The van der Waals surface area contributed by atoms with Gasteiger partial charge in [0.05, 0.1) is 6.54 Å². The molecule has 3 nitrogen and oxygen atoms in total. The van der Waals surface area contributed by atoms with E-state index < -0.39 is 0 Å². The predicted molar refractivity (Wildman–Crippen MR) is 48.9 cm³/mol. The zero-order valence-corrected chi connectivity index (χ0v) is 8.18. The Hall–Kier alpha value is -0.570. The minimum atomic E-state index is 0.225. The van der Waals surface area contributed by atoms with Gasteiger partial charge in [-0.25, -0.2) is 0 Å². The lowest BCUT2D eigenvalue weighted by atomic mass is 9.93. The van der Waals surface area contributed by atoms with Crippen LogP contribution in [0.3, 0.4) is 0 Å². The van der Waals surface area contributed by atoms with Gasteiger partial charge in [0.15, 0.2) is 0 Å². The summed E-state index contributed by atoms with van der Waals surface area (Å²) in [5.41, 5.74) is 0.323. The molecule has 1 heterocycles. The number of carbonyl (C=O) groups excluding carboxylic acids is 1. The Balaban J connectivity index is 2.41. The highest BCUT2D eigenvalue weighted by atomic mass is 16.2. The number of nitrogens with zero attached hydrogens (tertiary/aromatic N) is 1. The van der Waals surface area contributed by atoms with Crippen LogP contribution in [0, 0.1) is 5.41 Å². The monoisotopic (exact) mass is 170 g/mol. The van der Waals surface area contributed by atoms with Crippen LogP contribution in [-0.2, 0) is 4.79 Å². The summed E-state index contributed by atoms with van der Waals surface area (Å²) in [4.78, 5) is 13.3. The highest BCUT2D eigenvalue weighted by Gasteiger charge is 2.31. The highest BCUT2D eigenvalue weighted by molar-refractivity contribution is 5.78. The molecule has 0 radical (unpaired) electrons. The van der Waals surface area contributed by atoms with Crippen molar-refractivity contribution in [2.24, 2.45) is 5.41 Å². The first-order valence-corrected chi connectivity index (χ1v) is 4.47. The van der Waals surface area contributed by atoms with Gasteiger partial charge < -0.3 is 10.2 Å². The third-order valence-electron chi connectivity index (χ3n) is 2.36. The van der Waals surface area contributed by atoms with Gasteiger partial charge in [-0.05, 0) is 18.9 Å². The summed E-state index contributed by atoms with van der Waals surface area (Å²) in [6, 6.07) is 0. The molecule has 0 unspecified atom stereocenters. The topological polar surface area (TPSA) is 32.3 Å². The molecule has 1 amide bonds. The first kappa shape index (κ1) is 9.52. The number of likely N-dealkylation sites (N-methyl/N-ethyl adjacent to an activating group) is 1. The number of likely N-dealkylation sites (tertiary alicyclic amines) is 1. The largest absolute Gasteiger partial charge is 0.341 e. The molecule has 0 aromatic rings. The van der Waals surface area contributed by atoms with E-state index in [0.29, 0.717) is 12.0 Å². The maximum absolute atomic E-state index is 11.4. The van der Waals surface area contributed by atoms with Gasteiger partial charge in [-0.15, -0.1) is 0 Å². The van der Waals surface area contributed by atoms with E-state index in [0.717, 1.165) is 19.5 Å². The molecule has 3 heteroatoms. The summed E-state index contributed by atoms with van der Waals surface area (Å²) in [5, 5.41) is 2.88. The fraction of sp³-hybridized carbons (Fsp3) is 0.889. The average molecular weight is 170 g/mol. The Morgan fingerprint density at radius 1 is 1.58 bits per heavy atom. The molecule has 0 saturated carbocycles. The third-order valence-corrected chi connectivity index (χ3v) is 2.36. The molecular weight excluding hydrogens is 152 g/mol. The summed E-state index contributed by atoms with van der Waals surface area (Å²) < 4.78 is 0. The van der Waals surface area contributed by atoms with Gasteiger partial charge in [-0.3, -0.25) is 4.79 Å². The second-order valence-corrected chi connectivity index (χ2v) is 4.26. The molecule has 1 N–H and O–H groups in total. The Kier molecular flexibility index (Phi) is 2.73. The molecule has 1 aliphatic rings. The second kappa shape index (κ2) is 3.44. The van der Waals surface area contributed by atoms with Crippen LogP contribution in [0.5, 0.6) is 0 Å². The molecule has 12 heavy (non-hydrogen) atoms. The first-order valence-electron chi connectivity index (χ1n) is 4.47. The minimum absolute atomic E-state index is 0.225. The van der Waals surface area contributed by atoms with Crippen LogP contribution in [0.1, 0.15) is 20.3 Å². The standard InChI is InChI=1S/C9H18N2O/c1-9(2)4-5-11(7-9)8(12)6-10-3/h10H,4-7H2,1-3H3. The van der Waals surface area contributed by atoms with Gasteiger partial charge in [0.2, 0.25) is 5.91 Å². The van der Waals surface area contributed by atoms with Crippen LogP contribution >= 0.6 is 0 Å². The summed E-state index contributed by atoms with van der Waals surface area (Å²) >= 11 is 0. The van der Waals surface area contributed by atoms with E-state index in [4.69, 9.17) is 0 Å². The summed E-state index contributed by atoms with van der Waals surface area (Å²) in [6.07, 6.45) is 1.13. The lowest BCUT2D eigenvalue weighted by Gasteiger charge is -2.19. The van der Waals surface area contributed by atoms with Gasteiger partial charge >= 0.3 is 0 Å². The molecular formula is C9H18N2O. The molecule has 0 aromatic carbocycles. The van der Waals surface area contributed by atoms with Crippen molar-refractivity contribution in [3.8, 4) is 0 Å². The van der Waals surface area contributed by atoms with Gasteiger partial charge in [-0.1, -0.05) is 13.8 Å². The third kappa shape index (κ3) is 2.21. The minimum Gasteiger partial charge on any atom is -0.341 e.